The lowest BCUT2D eigenvalue weighted by Gasteiger charge is -2.26. The summed E-state index contributed by atoms with van der Waals surface area (Å²) in [4.78, 5) is 22.0. The smallest absolute Gasteiger partial charge is 0.254 e. The van der Waals surface area contributed by atoms with Crippen molar-refractivity contribution >= 4 is 11.6 Å². The maximum atomic E-state index is 13.1. The number of fused-ring (bicyclic) bond motifs is 1. The van der Waals surface area contributed by atoms with E-state index in [-0.39, 0.29) is 11.8 Å². The number of amides is 1. The number of benzene rings is 1. The minimum Gasteiger partial charge on any atom is -0.497 e. The highest BCUT2D eigenvalue weighted by atomic mass is 16.5. The fourth-order valence-corrected chi connectivity index (χ4v) is 4.72. The summed E-state index contributed by atoms with van der Waals surface area (Å²) in [5, 5.41) is 4.85. The number of nitrogens with zero attached hydrogens (tertiary/aromatic N) is 5. The van der Waals surface area contributed by atoms with Crippen LogP contribution in [-0.2, 0) is 11.3 Å². The fourth-order valence-electron chi connectivity index (χ4n) is 4.72. The zero-order valence-electron chi connectivity index (χ0n) is 18.7. The first kappa shape index (κ1) is 20.9. The number of ether oxygens (including phenoxy) is 2. The van der Waals surface area contributed by atoms with E-state index in [2.05, 4.69) is 16.8 Å². The molecule has 4 heterocycles. The zero-order valence-corrected chi connectivity index (χ0v) is 18.7. The van der Waals surface area contributed by atoms with Crippen molar-refractivity contribution in [1.82, 2.24) is 24.4 Å². The predicted molar refractivity (Wildman–Crippen MR) is 120 cm³/mol. The SMILES string of the molecule is COc1cccc(C(=O)N2CCC(c3ccnc4c(CN5CCOCC5)c(C)nn34)C2)c1. The first-order valence-electron chi connectivity index (χ1n) is 11.2. The van der Waals surface area contributed by atoms with Crippen LogP contribution in [0.25, 0.3) is 5.65 Å². The van der Waals surface area contributed by atoms with Crippen molar-refractivity contribution in [2.45, 2.75) is 25.8 Å². The summed E-state index contributed by atoms with van der Waals surface area (Å²) in [5.74, 6) is 0.967. The first-order valence-corrected chi connectivity index (χ1v) is 11.2. The molecule has 3 aromatic rings. The molecule has 1 atom stereocenters. The van der Waals surface area contributed by atoms with Crippen LogP contribution in [0.1, 0.15) is 39.6 Å². The van der Waals surface area contributed by atoms with Gasteiger partial charge in [0.15, 0.2) is 5.65 Å². The second-order valence-electron chi connectivity index (χ2n) is 8.53. The van der Waals surface area contributed by atoms with Gasteiger partial charge < -0.3 is 14.4 Å². The van der Waals surface area contributed by atoms with Crippen molar-refractivity contribution in [3.05, 3.63) is 59.0 Å². The van der Waals surface area contributed by atoms with E-state index < -0.39 is 0 Å². The monoisotopic (exact) mass is 435 g/mol. The Morgan fingerprint density at radius 2 is 2.06 bits per heavy atom. The van der Waals surface area contributed by atoms with Crippen LogP contribution in [0.2, 0.25) is 0 Å². The van der Waals surface area contributed by atoms with E-state index >= 15 is 0 Å². The third kappa shape index (κ3) is 3.96. The van der Waals surface area contributed by atoms with Crippen molar-refractivity contribution in [1.29, 1.82) is 0 Å². The van der Waals surface area contributed by atoms with Crippen molar-refractivity contribution < 1.29 is 14.3 Å². The maximum Gasteiger partial charge on any atom is 0.254 e. The average molecular weight is 436 g/mol. The lowest BCUT2D eigenvalue weighted by atomic mass is 10.0. The highest BCUT2D eigenvalue weighted by Gasteiger charge is 2.30. The number of hydrogen-bond acceptors (Lipinski definition) is 6. The molecule has 0 saturated carbocycles. The summed E-state index contributed by atoms with van der Waals surface area (Å²) in [6.07, 6.45) is 2.79. The molecule has 2 aliphatic rings. The summed E-state index contributed by atoms with van der Waals surface area (Å²) in [6, 6.07) is 9.40. The summed E-state index contributed by atoms with van der Waals surface area (Å²) >= 11 is 0. The second kappa shape index (κ2) is 8.88. The van der Waals surface area contributed by atoms with E-state index in [0.717, 1.165) is 62.8 Å². The topological polar surface area (TPSA) is 72.2 Å². The molecule has 5 rings (SSSR count). The van der Waals surface area contributed by atoms with Gasteiger partial charge in [0.2, 0.25) is 0 Å². The number of methoxy groups -OCH3 is 1. The summed E-state index contributed by atoms with van der Waals surface area (Å²) in [5.41, 5.74) is 4.89. The number of aryl methyl sites for hydroxylation is 1. The second-order valence-corrected chi connectivity index (χ2v) is 8.53. The molecular formula is C24H29N5O3. The van der Waals surface area contributed by atoms with Gasteiger partial charge in [0.05, 0.1) is 31.7 Å². The number of hydrogen-bond donors (Lipinski definition) is 0. The molecule has 8 nitrogen and oxygen atoms in total. The normalized spacial score (nSPS) is 19.6. The molecule has 0 N–H and O–H groups in total. The Morgan fingerprint density at radius 3 is 2.88 bits per heavy atom. The fraction of sp³-hybridized carbons (Fsp3) is 0.458. The molecule has 2 aromatic heterocycles. The highest BCUT2D eigenvalue weighted by Crippen LogP contribution is 2.30. The van der Waals surface area contributed by atoms with E-state index in [9.17, 15) is 4.79 Å². The number of likely N-dealkylation sites (tertiary alicyclic amines) is 1. The van der Waals surface area contributed by atoms with Gasteiger partial charge in [-0.3, -0.25) is 9.69 Å². The van der Waals surface area contributed by atoms with Gasteiger partial charge in [0.1, 0.15) is 5.75 Å². The molecule has 8 heteroatoms. The quantitative estimate of drug-likeness (QED) is 0.613. The lowest BCUT2D eigenvalue weighted by molar-refractivity contribution is 0.0342. The molecule has 168 valence electrons. The number of rotatable bonds is 5. The minimum atomic E-state index is 0.0429. The van der Waals surface area contributed by atoms with E-state index in [4.69, 9.17) is 14.6 Å². The summed E-state index contributed by atoms with van der Waals surface area (Å²) < 4.78 is 12.8. The average Bonchev–Trinajstić information content (AvgIpc) is 3.44. The molecule has 0 aliphatic carbocycles. The van der Waals surface area contributed by atoms with Crippen LogP contribution < -0.4 is 4.74 Å². The standard InChI is InChI=1S/C24H29N5O3/c1-17-21(16-27-10-12-32-13-11-27)23-25-8-6-22(29(23)26-17)19-7-9-28(15-19)24(30)18-4-3-5-20(14-18)31-2/h3-6,8,14,19H,7,9-13,15-16H2,1-2H3. The van der Waals surface area contributed by atoms with E-state index in [1.165, 1.54) is 5.56 Å². The van der Waals surface area contributed by atoms with Gasteiger partial charge >= 0.3 is 0 Å². The van der Waals surface area contributed by atoms with Crippen molar-refractivity contribution in [3.63, 3.8) is 0 Å². The molecular weight excluding hydrogens is 406 g/mol. The van der Waals surface area contributed by atoms with Gasteiger partial charge in [-0.15, -0.1) is 0 Å². The predicted octanol–water partition coefficient (Wildman–Crippen LogP) is 2.51. The van der Waals surface area contributed by atoms with Crippen LogP contribution in [0.3, 0.4) is 0 Å². The minimum absolute atomic E-state index is 0.0429. The van der Waals surface area contributed by atoms with E-state index in [1.807, 2.05) is 39.9 Å². The molecule has 1 amide bonds. The van der Waals surface area contributed by atoms with Gasteiger partial charge in [-0.1, -0.05) is 6.07 Å². The van der Waals surface area contributed by atoms with Crippen LogP contribution in [0, 0.1) is 6.92 Å². The van der Waals surface area contributed by atoms with Crippen molar-refractivity contribution in [3.8, 4) is 5.75 Å². The number of aromatic nitrogens is 3. The Balaban J connectivity index is 1.37. The van der Waals surface area contributed by atoms with Crippen molar-refractivity contribution in [2.75, 3.05) is 46.5 Å². The van der Waals surface area contributed by atoms with E-state index in [1.54, 1.807) is 13.2 Å². The van der Waals surface area contributed by atoms with Gasteiger partial charge in [-0.25, -0.2) is 9.50 Å². The molecule has 2 aliphatic heterocycles. The van der Waals surface area contributed by atoms with Gasteiger partial charge in [0, 0.05) is 56.0 Å². The number of morpholine rings is 1. The molecule has 2 saturated heterocycles. The van der Waals surface area contributed by atoms with E-state index in [0.29, 0.717) is 17.9 Å². The Kier molecular flexibility index (Phi) is 5.80. The van der Waals surface area contributed by atoms with Crippen LogP contribution in [0.15, 0.2) is 36.5 Å². The third-order valence-electron chi connectivity index (χ3n) is 6.54. The summed E-state index contributed by atoms with van der Waals surface area (Å²) in [7, 11) is 1.61. The molecule has 0 bridgehead atoms. The number of carbonyl (C=O) groups is 1. The Bertz CT molecular complexity index is 1120. The molecule has 0 radical (unpaired) electrons. The zero-order chi connectivity index (χ0) is 22.1. The van der Waals surface area contributed by atoms with Gasteiger partial charge in [0.25, 0.3) is 5.91 Å². The van der Waals surface area contributed by atoms with Crippen LogP contribution >= 0.6 is 0 Å². The summed E-state index contributed by atoms with van der Waals surface area (Å²) in [6.45, 7) is 7.70. The molecule has 2 fully saturated rings. The largest absolute Gasteiger partial charge is 0.497 e. The number of carbonyl (C=O) groups excluding carboxylic acids is 1. The van der Waals surface area contributed by atoms with Crippen LogP contribution in [-0.4, -0.2) is 76.8 Å². The van der Waals surface area contributed by atoms with Crippen LogP contribution in [0.5, 0.6) is 5.75 Å². The Labute approximate surface area is 187 Å². The molecule has 1 aromatic carbocycles. The Morgan fingerprint density at radius 1 is 1.22 bits per heavy atom. The third-order valence-corrected chi connectivity index (χ3v) is 6.54. The maximum absolute atomic E-state index is 13.1. The van der Waals surface area contributed by atoms with Gasteiger partial charge in [-0.05, 0) is 37.6 Å². The highest BCUT2D eigenvalue weighted by molar-refractivity contribution is 5.94. The van der Waals surface area contributed by atoms with Crippen LogP contribution in [0.4, 0.5) is 0 Å². The lowest BCUT2D eigenvalue weighted by Crippen LogP contribution is -2.35. The van der Waals surface area contributed by atoms with Gasteiger partial charge in [-0.2, -0.15) is 5.10 Å². The first-order chi connectivity index (χ1) is 15.6. The van der Waals surface area contributed by atoms with Crippen molar-refractivity contribution in [2.24, 2.45) is 0 Å². The molecule has 0 spiro atoms. The molecule has 1 unspecified atom stereocenters. The molecule has 32 heavy (non-hydrogen) atoms. The Hall–Kier alpha value is -2.97.